The van der Waals surface area contributed by atoms with Gasteiger partial charge in [-0.05, 0) is 23.8 Å². The van der Waals surface area contributed by atoms with Crippen molar-refractivity contribution in [2.45, 2.75) is 18.8 Å². The van der Waals surface area contributed by atoms with Gasteiger partial charge < -0.3 is 16.4 Å². The highest BCUT2D eigenvalue weighted by Crippen LogP contribution is 2.13. The fourth-order valence-corrected chi connectivity index (χ4v) is 2.64. The number of rotatable bonds is 5. The molecule has 2 unspecified atom stereocenters. The number of allylic oxidation sites excluding steroid dienone is 1. The van der Waals surface area contributed by atoms with Gasteiger partial charge in [-0.1, -0.05) is 18.2 Å². The summed E-state index contributed by atoms with van der Waals surface area (Å²) in [6, 6.07) is 10.9. The van der Waals surface area contributed by atoms with Gasteiger partial charge in [-0.3, -0.25) is 14.5 Å². The SMILES string of the molecule is Cn1nc(C#N)cc1C(=O)Nc1cccc(CNC2C=CC=NC2N)c1. The van der Waals surface area contributed by atoms with Gasteiger partial charge in [0.25, 0.3) is 5.91 Å². The summed E-state index contributed by atoms with van der Waals surface area (Å²) in [6.07, 6.45) is 5.22. The maximum absolute atomic E-state index is 12.4. The first-order valence-electron chi connectivity index (χ1n) is 8.10. The zero-order chi connectivity index (χ0) is 18.5. The van der Waals surface area contributed by atoms with Gasteiger partial charge in [-0.2, -0.15) is 10.4 Å². The fraction of sp³-hybridized carbons (Fsp3) is 0.222. The van der Waals surface area contributed by atoms with Crippen LogP contribution in [0.1, 0.15) is 21.7 Å². The summed E-state index contributed by atoms with van der Waals surface area (Å²) in [4.78, 5) is 16.5. The minimum Gasteiger partial charge on any atom is -0.321 e. The van der Waals surface area contributed by atoms with E-state index in [0.29, 0.717) is 17.9 Å². The van der Waals surface area contributed by atoms with Crippen LogP contribution in [-0.4, -0.2) is 34.1 Å². The number of aliphatic imine (C=N–C) groups is 1. The number of nitrogens with two attached hydrogens (primary N) is 1. The van der Waals surface area contributed by atoms with E-state index in [0.717, 1.165) is 5.56 Å². The average Bonchev–Trinajstić information content (AvgIpc) is 3.02. The summed E-state index contributed by atoms with van der Waals surface area (Å²) < 4.78 is 1.39. The summed E-state index contributed by atoms with van der Waals surface area (Å²) in [5.74, 6) is -0.321. The maximum atomic E-state index is 12.4. The highest BCUT2D eigenvalue weighted by atomic mass is 16.2. The Morgan fingerprint density at radius 1 is 1.42 bits per heavy atom. The number of benzene rings is 1. The molecule has 1 aliphatic heterocycles. The number of aryl methyl sites for hydroxylation is 1. The second-order valence-corrected chi connectivity index (χ2v) is 5.89. The zero-order valence-corrected chi connectivity index (χ0v) is 14.3. The van der Waals surface area contributed by atoms with E-state index in [-0.39, 0.29) is 23.8 Å². The second-order valence-electron chi connectivity index (χ2n) is 5.89. The lowest BCUT2D eigenvalue weighted by atomic mass is 10.1. The number of aromatic nitrogens is 2. The van der Waals surface area contributed by atoms with Crippen LogP contribution in [0.15, 0.2) is 47.5 Å². The van der Waals surface area contributed by atoms with Crippen molar-refractivity contribution in [2.75, 3.05) is 5.32 Å². The topological polar surface area (TPSA) is 121 Å². The predicted octanol–water partition coefficient (Wildman–Crippen LogP) is 0.928. The molecule has 2 heterocycles. The van der Waals surface area contributed by atoms with Crippen LogP contribution in [0.3, 0.4) is 0 Å². The van der Waals surface area contributed by atoms with Gasteiger partial charge >= 0.3 is 0 Å². The van der Waals surface area contributed by atoms with Crippen molar-refractivity contribution in [2.24, 2.45) is 17.8 Å². The second kappa shape index (κ2) is 7.74. The number of dihydropyridines is 1. The predicted molar refractivity (Wildman–Crippen MR) is 98.6 cm³/mol. The third-order valence-electron chi connectivity index (χ3n) is 3.98. The van der Waals surface area contributed by atoms with Crippen LogP contribution in [0.4, 0.5) is 5.69 Å². The third-order valence-corrected chi connectivity index (χ3v) is 3.98. The van der Waals surface area contributed by atoms with Crippen LogP contribution >= 0.6 is 0 Å². The standard InChI is InChI=1S/C18H19N7O/c1-25-16(9-14(10-19)24-25)18(26)23-13-5-2-4-12(8-13)11-22-15-6-3-7-21-17(15)20/h2-9,15,17,22H,11,20H2,1H3,(H,23,26). The smallest absolute Gasteiger partial charge is 0.273 e. The summed E-state index contributed by atoms with van der Waals surface area (Å²) in [7, 11) is 1.62. The van der Waals surface area contributed by atoms with E-state index < -0.39 is 0 Å². The molecule has 0 fully saturated rings. The van der Waals surface area contributed by atoms with E-state index in [4.69, 9.17) is 11.0 Å². The Kier molecular flexibility index (Phi) is 5.22. The van der Waals surface area contributed by atoms with E-state index >= 15 is 0 Å². The first kappa shape index (κ1) is 17.5. The van der Waals surface area contributed by atoms with Crippen LogP contribution in [0.25, 0.3) is 0 Å². The normalized spacial score (nSPS) is 18.5. The molecule has 0 radical (unpaired) electrons. The lowest BCUT2D eigenvalue weighted by Gasteiger charge is -2.21. The van der Waals surface area contributed by atoms with Crippen molar-refractivity contribution in [1.82, 2.24) is 15.1 Å². The number of nitrogens with one attached hydrogen (secondary N) is 2. The minimum absolute atomic E-state index is 0.0305. The largest absolute Gasteiger partial charge is 0.321 e. The number of carbonyl (C=O) groups excluding carboxylic acids is 1. The Hall–Kier alpha value is -3.28. The monoisotopic (exact) mass is 349 g/mol. The molecular weight excluding hydrogens is 330 g/mol. The van der Waals surface area contributed by atoms with Gasteiger partial charge in [0.05, 0.1) is 6.04 Å². The Balaban J connectivity index is 1.64. The number of anilines is 1. The summed E-state index contributed by atoms with van der Waals surface area (Å²) >= 11 is 0. The molecule has 8 nitrogen and oxygen atoms in total. The Bertz CT molecular complexity index is 907. The number of nitrogens with zero attached hydrogens (tertiary/aromatic N) is 4. The van der Waals surface area contributed by atoms with Gasteiger partial charge in [-0.25, -0.2) is 0 Å². The summed E-state index contributed by atoms with van der Waals surface area (Å²) in [5, 5.41) is 19.0. The Morgan fingerprint density at radius 2 is 2.27 bits per heavy atom. The van der Waals surface area contributed by atoms with Gasteiger partial charge in [0.1, 0.15) is 17.9 Å². The average molecular weight is 349 g/mol. The molecule has 0 aliphatic carbocycles. The molecular formula is C18H19N7O. The molecule has 0 saturated heterocycles. The van der Waals surface area contributed by atoms with E-state index in [9.17, 15) is 4.79 Å². The van der Waals surface area contributed by atoms with E-state index in [1.54, 1.807) is 19.3 Å². The molecule has 8 heteroatoms. The molecule has 4 N–H and O–H groups in total. The fourth-order valence-electron chi connectivity index (χ4n) is 2.64. The van der Waals surface area contributed by atoms with Crippen molar-refractivity contribution in [1.29, 1.82) is 5.26 Å². The van der Waals surface area contributed by atoms with Crippen LogP contribution in [0.5, 0.6) is 0 Å². The summed E-state index contributed by atoms with van der Waals surface area (Å²) in [6.45, 7) is 0.590. The van der Waals surface area contributed by atoms with Crippen molar-refractivity contribution in [3.63, 3.8) is 0 Å². The number of carbonyl (C=O) groups is 1. The van der Waals surface area contributed by atoms with Gasteiger partial charge in [0.15, 0.2) is 5.69 Å². The van der Waals surface area contributed by atoms with E-state index in [1.165, 1.54) is 10.7 Å². The van der Waals surface area contributed by atoms with E-state index in [1.807, 2.05) is 36.4 Å². The molecule has 0 saturated carbocycles. The van der Waals surface area contributed by atoms with Crippen molar-refractivity contribution in [3.05, 3.63) is 59.4 Å². The zero-order valence-electron chi connectivity index (χ0n) is 14.3. The van der Waals surface area contributed by atoms with Crippen LogP contribution in [-0.2, 0) is 13.6 Å². The van der Waals surface area contributed by atoms with Crippen LogP contribution in [0, 0.1) is 11.3 Å². The molecule has 132 valence electrons. The first-order chi connectivity index (χ1) is 12.6. The Morgan fingerprint density at radius 3 is 3.00 bits per heavy atom. The molecule has 0 bridgehead atoms. The molecule has 2 atom stereocenters. The molecule has 1 aromatic heterocycles. The number of hydrogen-bond donors (Lipinski definition) is 3. The van der Waals surface area contributed by atoms with Gasteiger partial charge in [0, 0.05) is 31.6 Å². The van der Waals surface area contributed by atoms with Crippen molar-refractivity contribution >= 4 is 17.8 Å². The molecule has 1 aliphatic rings. The molecule has 26 heavy (non-hydrogen) atoms. The summed E-state index contributed by atoms with van der Waals surface area (Å²) in [5.41, 5.74) is 8.12. The van der Waals surface area contributed by atoms with Crippen LogP contribution in [0.2, 0.25) is 0 Å². The maximum Gasteiger partial charge on any atom is 0.273 e. The number of hydrogen-bond acceptors (Lipinski definition) is 6. The number of amides is 1. The van der Waals surface area contributed by atoms with Gasteiger partial charge in [-0.15, -0.1) is 0 Å². The third kappa shape index (κ3) is 4.03. The number of nitriles is 1. The van der Waals surface area contributed by atoms with Crippen molar-refractivity contribution < 1.29 is 4.79 Å². The first-order valence-corrected chi connectivity index (χ1v) is 8.10. The highest BCUT2D eigenvalue weighted by Gasteiger charge is 2.15. The highest BCUT2D eigenvalue weighted by molar-refractivity contribution is 6.03. The molecule has 0 spiro atoms. The van der Waals surface area contributed by atoms with Crippen LogP contribution < -0.4 is 16.4 Å². The Labute approximate surface area is 151 Å². The molecule has 1 amide bonds. The van der Waals surface area contributed by atoms with Crippen molar-refractivity contribution in [3.8, 4) is 6.07 Å². The van der Waals surface area contributed by atoms with Gasteiger partial charge in [0.2, 0.25) is 0 Å². The molecule has 2 aromatic rings. The quantitative estimate of drug-likeness (QED) is 0.741. The lowest BCUT2D eigenvalue weighted by molar-refractivity contribution is 0.101. The minimum atomic E-state index is -0.321. The lowest BCUT2D eigenvalue weighted by Crippen LogP contribution is -2.43. The molecule has 1 aromatic carbocycles. The molecule has 3 rings (SSSR count). The van der Waals surface area contributed by atoms with E-state index in [2.05, 4.69) is 20.7 Å².